The van der Waals surface area contributed by atoms with Crippen LogP contribution in [0, 0.1) is 24.2 Å². The van der Waals surface area contributed by atoms with Gasteiger partial charge >= 0.3 is 5.97 Å². The summed E-state index contributed by atoms with van der Waals surface area (Å²) in [5, 5.41) is 13.8. The highest BCUT2D eigenvalue weighted by molar-refractivity contribution is 5.95. The van der Waals surface area contributed by atoms with Gasteiger partial charge in [0.1, 0.15) is 0 Å². The molecular weight excluding hydrogens is 330 g/mol. The first-order valence-electron chi connectivity index (χ1n) is 9.51. The largest absolute Gasteiger partial charge is 0.465 e. The third kappa shape index (κ3) is 3.13. The molecule has 0 aromatic heterocycles. The van der Waals surface area contributed by atoms with Gasteiger partial charge in [0, 0.05) is 12.1 Å². The van der Waals surface area contributed by atoms with Gasteiger partial charge in [0.25, 0.3) is 0 Å². The van der Waals surface area contributed by atoms with E-state index in [4.69, 9.17) is 4.74 Å². The van der Waals surface area contributed by atoms with Crippen LogP contribution >= 0.6 is 0 Å². The van der Waals surface area contributed by atoms with E-state index in [9.17, 15) is 14.7 Å². The lowest BCUT2D eigenvalue weighted by Crippen LogP contribution is -2.56. The quantitative estimate of drug-likeness (QED) is 0.810. The molecule has 2 N–H and O–H groups in total. The number of benzene rings is 1. The number of aryl methyl sites for hydroxylation is 1. The Morgan fingerprint density at radius 3 is 2.54 bits per heavy atom. The Hall–Kier alpha value is -1.88. The number of ether oxygens (including phenoxy) is 1. The number of carbonyl (C=O) groups excluding carboxylic acids is 2. The molecule has 26 heavy (non-hydrogen) atoms. The monoisotopic (exact) mass is 357 g/mol. The number of methoxy groups -OCH3 is 1. The number of anilines is 1. The van der Waals surface area contributed by atoms with Crippen LogP contribution in [-0.2, 0) is 9.53 Å². The average molecular weight is 357 g/mol. The maximum Gasteiger partial charge on any atom is 0.337 e. The Morgan fingerprint density at radius 2 is 1.92 bits per heavy atom. The average Bonchev–Trinajstić information content (AvgIpc) is 2.53. The van der Waals surface area contributed by atoms with E-state index in [-0.39, 0.29) is 11.3 Å². The molecule has 4 fully saturated rings. The molecule has 5 nitrogen and oxygen atoms in total. The van der Waals surface area contributed by atoms with Crippen LogP contribution < -0.4 is 5.32 Å². The van der Waals surface area contributed by atoms with E-state index in [1.165, 1.54) is 13.5 Å². The second-order valence-electron chi connectivity index (χ2n) is 8.93. The van der Waals surface area contributed by atoms with Gasteiger partial charge in [-0.1, -0.05) is 6.07 Å². The summed E-state index contributed by atoms with van der Waals surface area (Å²) in [7, 11) is 1.35. The van der Waals surface area contributed by atoms with E-state index in [1.807, 2.05) is 13.0 Å². The molecule has 2 unspecified atom stereocenters. The molecular formula is C21H27NO4. The van der Waals surface area contributed by atoms with Crippen LogP contribution in [-0.4, -0.2) is 29.7 Å². The smallest absolute Gasteiger partial charge is 0.337 e. The highest BCUT2D eigenvalue weighted by atomic mass is 16.5. The number of carbonyl (C=O) groups is 2. The van der Waals surface area contributed by atoms with Crippen molar-refractivity contribution in [1.82, 2.24) is 0 Å². The summed E-state index contributed by atoms with van der Waals surface area (Å²) in [6.45, 7) is 1.91. The summed E-state index contributed by atoms with van der Waals surface area (Å²) in [4.78, 5) is 24.5. The third-order valence-corrected chi connectivity index (χ3v) is 6.62. The fourth-order valence-electron chi connectivity index (χ4n) is 6.15. The standard InChI is InChI=1S/C21H27NO4/c1-13-3-4-16(19(24)26-2)6-17(13)22-18(23)11-20-7-14-5-15(8-20)10-21(25,9-14)12-20/h3-4,6,14-15,25H,5,7-12H2,1-2H3,(H,22,23)/t14-,15+,20?,21?. The minimum Gasteiger partial charge on any atom is -0.465 e. The fraction of sp³-hybridized carbons (Fsp3) is 0.619. The van der Waals surface area contributed by atoms with Crippen molar-refractivity contribution in [2.24, 2.45) is 17.3 Å². The van der Waals surface area contributed by atoms with Gasteiger partial charge in [-0.25, -0.2) is 4.79 Å². The first kappa shape index (κ1) is 17.5. The summed E-state index contributed by atoms with van der Waals surface area (Å²) >= 11 is 0. The SMILES string of the molecule is COC(=O)c1ccc(C)c(NC(=O)CC23C[C@@H]4C[C@@H](CC(O)(C4)C2)C3)c1. The minimum absolute atomic E-state index is 0.0272. The Bertz CT molecular complexity index is 742. The summed E-state index contributed by atoms with van der Waals surface area (Å²) in [6, 6.07) is 5.19. The second kappa shape index (κ2) is 6.08. The number of hydrogen-bond donors (Lipinski definition) is 2. The Morgan fingerprint density at radius 1 is 1.23 bits per heavy atom. The lowest BCUT2D eigenvalue weighted by atomic mass is 9.47. The molecule has 0 heterocycles. The molecule has 5 rings (SSSR count). The molecule has 1 aromatic carbocycles. The van der Waals surface area contributed by atoms with Gasteiger partial charge in [0.15, 0.2) is 0 Å². The van der Waals surface area contributed by atoms with Crippen molar-refractivity contribution in [1.29, 1.82) is 0 Å². The molecule has 0 aliphatic heterocycles. The van der Waals surface area contributed by atoms with Gasteiger partial charge < -0.3 is 15.2 Å². The van der Waals surface area contributed by atoms with Crippen LogP contribution in [0.15, 0.2) is 18.2 Å². The van der Waals surface area contributed by atoms with Crippen LogP contribution in [0.5, 0.6) is 0 Å². The predicted molar refractivity (Wildman–Crippen MR) is 97.8 cm³/mol. The highest BCUT2D eigenvalue weighted by Gasteiger charge is 2.57. The Balaban J connectivity index is 1.49. The van der Waals surface area contributed by atoms with Crippen molar-refractivity contribution < 1.29 is 19.4 Å². The van der Waals surface area contributed by atoms with Crippen LogP contribution in [0.1, 0.15) is 60.9 Å². The number of aliphatic hydroxyl groups is 1. The van der Waals surface area contributed by atoms with Crippen molar-refractivity contribution in [2.75, 3.05) is 12.4 Å². The molecule has 0 spiro atoms. The lowest BCUT2D eigenvalue weighted by Gasteiger charge is -2.60. The molecule has 4 atom stereocenters. The van der Waals surface area contributed by atoms with E-state index in [0.717, 1.165) is 37.7 Å². The summed E-state index contributed by atoms with van der Waals surface area (Å²) in [6.07, 6.45) is 6.35. The highest BCUT2D eigenvalue weighted by Crippen LogP contribution is 2.62. The second-order valence-corrected chi connectivity index (χ2v) is 8.93. The predicted octanol–water partition coefficient (Wildman–Crippen LogP) is 3.44. The van der Waals surface area contributed by atoms with Crippen molar-refractivity contribution in [3.8, 4) is 0 Å². The van der Waals surface area contributed by atoms with E-state index in [2.05, 4.69) is 5.32 Å². The molecule has 4 saturated carbocycles. The molecule has 4 aliphatic carbocycles. The molecule has 5 heteroatoms. The topological polar surface area (TPSA) is 75.6 Å². The number of nitrogens with one attached hydrogen (secondary N) is 1. The first-order valence-corrected chi connectivity index (χ1v) is 9.51. The van der Waals surface area contributed by atoms with Crippen molar-refractivity contribution in [3.05, 3.63) is 29.3 Å². The van der Waals surface area contributed by atoms with Crippen LogP contribution in [0.25, 0.3) is 0 Å². The number of hydrogen-bond acceptors (Lipinski definition) is 4. The molecule has 1 aromatic rings. The van der Waals surface area contributed by atoms with Gasteiger partial charge in [-0.3, -0.25) is 4.79 Å². The van der Waals surface area contributed by atoms with Crippen LogP contribution in [0.2, 0.25) is 0 Å². The van der Waals surface area contributed by atoms with Crippen LogP contribution in [0.4, 0.5) is 5.69 Å². The summed E-state index contributed by atoms with van der Waals surface area (Å²) in [5.41, 5.74) is 1.39. The number of esters is 1. The molecule has 4 aliphatic rings. The maximum atomic E-state index is 12.8. The van der Waals surface area contributed by atoms with Gasteiger partial charge in [0.2, 0.25) is 5.91 Å². The van der Waals surface area contributed by atoms with Crippen molar-refractivity contribution in [2.45, 2.75) is 57.5 Å². The van der Waals surface area contributed by atoms with Crippen LogP contribution in [0.3, 0.4) is 0 Å². The minimum atomic E-state index is -0.551. The fourth-order valence-corrected chi connectivity index (χ4v) is 6.15. The third-order valence-electron chi connectivity index (χ3n) is 6.62. The zero-order chi connectivity index (χ0) is 18.5. The van der Waals surface area contributed by atoms with Crippen molar-refractivity contribution >= 4 is 17.6 Å². The van der Waals surface area contributed by atoms with Gasteiger partial charge in [-0.15, -0.1) is 0 Å². The maximum absolute atomic E-state index is 12.8. The summed E-state index contributed by atoms with van der Waals surface area (Å²) in [5.74, 6) is 0.696. The zero-order valence-electron chi connectivity index (χ0n) is 15.5. The summed E-state index contributed by atoms with van der Waals surface area (Å²) < 4.78 is 4.76. The van der Waals surface area contributed by atoms with E-state index >= 15 is 0 Å². The number of rotatable bonds is 4. The number of amides is 1. The van der Waals surface area contributed by atoms with Gasteiger partial charge in [0.05, 0.1) is 18.3 Å². The Kier molecular flexibility index (Phi) is 4.10. The molecule has 0 saturated heterocycles. The zero-order valence-corrected chi connectivity index (χ0v) is 15.5. The van der Waals surface area contributed by atoms with E-state index < -0.39 is 11.6 Å². The molecule has 4 bridgehead atoms. The van der Waals surface area contributed by atoms with Gasteiger partial charge in [-0.2, -0.15) is 0 Å². The van der Waals surface area contributed by atoms with E-state index in [0.29, 0.717) is 29.5 Å². The normalized spacial score (nSPS) is 34.6. The molecule has 1 amide bonds. The molecule has 140 valence electrons. The molecule has 0 radical (unpaired) electrons. The van der Waals surface area contributed by atoms with E-state index in [1.54, 1.807) is 12.1 Å². The lowest BCUT2D eigenvalue weighted by molar-refractivity contribution is -0.167. The Labute approximate surface area is 154 Å². The van der Waals surface area contributed by atoms with Gasteiger partial charge in [-0.05, 0) is 80.4 Å². The van der Waals surface area contributed by atoms with Crippen molar-refractivity contribution in [3.63, 3.8) is 0 Å². The first-order chi connectivity index (χ1) is 12.3.